The molecule has 3 N–H and O–H groups in total. The quantitative estimate of drug-likeness (QED) is 0.269. The van der Waals surface area contributed by atoms with E-state index < -0.39 is 17.6 Å². The van der Waals surface area contributed by atoms with Crippen molar-refractivity contribution >= 4 is 46.9 Å². The fraction of sp³-hybridized carbons (Fsp3) is 0.0833. The van der Waals surface area contributed by atoms with E-state index in [2.05, 4.69) is 15.7 Å². The number of halogens is 2. The minimum Gasteiger partial charge on any atom is -0.482 e. The number of hydrogen-bond donors (Lipinski definition) is 3. The Morgan fingerprint density at radius 3 is 2.44 bits per heavy atom. The molecule has 0 heterocycles. The Labute approximate surface area is 199 Å². The molecule has 0 atom stereocenters. The normalized spacial score (nSPS) is 10.6. The smallest absolute Gasteiger partial charge is 0.329 e. The van der Waals surface area contributed by atoms with Crippen LogP contribution in [0.1, 0.15) is 11.1 Å². The van der Waals surface area contributed by atoms with Crippen molar-refractivity contribution in [2.24, 2.45) is 5.10 Å². The van der Waals surface area contributed by atoms with Crippen LogP contribution in [0.3, 0.4) is 0 Å². The third-order valence-electron chi connectivity index (χ3n) is 4.36. The number of amides is 3. The van der Waals surface area contributed by atoms with Crippen LogP contribution in [-0.4, -0.2) is 30.5 Å². The van der Waals surface area contributed by atoms with Gasteiger partial charge in [0.05, 0.1) is 16.9 Å². The first-order valence-corrected chi connectivity index (χ1v) is 10.4. The zero-order valence-electron chi connectivity index (χ0n) is 18.0. The molecule has 0 unspecified atom stereocenters. The van der Waals surface area contributed by atoms with Crippen LogP contribution < -0.4 is 20.8 Å². The van der Waals surface area contributed by atoms with E-state index in [-0.39, 0.29) is 29.0 Å². The van der Waals surface area contributed by atoms with Gasteiger partial charge in [-0.3, -0.25) is 14.4 Å². The van der Waals surface area contributed by atoms with Crippen molar-refractivity contribution in [2.75, 3.05) is 17.2 Å². The van der Waals surface area contributed by atoms with E-state index in [4.69, 9.17) is 16.3 Å². The van der Waals surface area contributed by atoms with Crippen LogP contribution in [0.2, 0.25) is 5.02 Å². The van der Waals surface area contributed by atoms with Gasteiger partial charge in [0.15, 0.2) is 6.61 Å². The van der Waals surface area contributed by atoms with Gasteiger partial charge in [-0.1, -0.05) is 41.4 Å². The topological polar surface area (TPSA) is 109 Å². The fourth-order valence-corrected chi connectivity index (χ4v) is 2.89. The monoisotopic (exact) mass is 482 g/mol. The molecule has 8 nitrogen and oxygen atoms in total. The Bertz CT molecular complexity index is 1230. The molecular formula is C24H20ClFN4O4. The predicted molar refractivity (Wildman–Crippen MR) is 128 cm³/mol. The van der Waals surface area contributed by atoms with Gasteiger partial charge in [0.1, 0.15) is 11.6 Å². The number of ether oxygens (including phenoxy) is 1. The van der Waals surface area contributed by atoms with E-state index in [1.54, 1.807) is 18.2 Å². The maximum absolute atomic E-state index is 13.5. The van der Waals surface area contributed by atoms with E-state index >= 15 is 0 Å². The molecule has 0 spiro atoms. The number of carbonyl (C=O) groups excluding carboxylic acids is 3. The van der Waals surface area contributed by atoms with Crippen LogP contribution in [0.4, 0.5) is 15.8 Å². The zero-order valence-corrected chi connectivity index (χ0v) is 18.7. The van der Waals surface area contributed by atoms with Crippen molar-refractivity contribution in [3.05, 3.63) is 88.7 Å². The summed E-state index contributed by atoms with van der Waals surface area (Å²) < 4.78 is 19.0. The Morgan fingerprint density at radius 2 is 1.74 bits per heavy atom. The van der Waals surface area contributed by atoms with Crippen molar-refractivity contribution in [1.82, 2.24) is 5.43 Å². The molecule has 34 heavy (non-hydrogen) atoms. The summed E-state index contributed by atoms with van der Waals surface area (Å²) >= 11 is 6.18. The molecule has 0 aliphatic rings. The van der Waals surface area contributed by atoms with Crippen LogP contribution >= 0.6 is 11.6 Å². The van der Waals surface area contributed by atoms with Crippen molar-refractivity contribution in [1.29, 1.82) is 0 Å². The number of carbonyl (C=O) groups is 3. The molecule has 3 rings (SSSR count). The fourth-order valence-electron chi connectivity index (χ4n) is 2.65. The minimum atomic E-state index is -1.08. The highest BCUT2D eigenvalue weighted by Gasteiger charge is 2.14. The molecule has 174 valence electrons. The van der Waals surface area contributed by atoms with Crippen LogP contribution in [0.15, 0.2) is 71.8 Å². The number of hydrogen-bond acceptors (Lipinski definition) is 5. The second-order valence-corrected chi connectivity index (χ2v) is 7.43. The minimum absolute atomic E-state index is 0.124. The average Bonchev–Trinajstić information content (AvgIpc) is 2.81. The first-order chi connectivity index (χ1) is 16.3. The molecule has 0 aromatic heterocycles. The Morgan fingerprint density at radius 1 is 1.00 bits per heavy atom. The predicted octanol–water partition coefficient (Wildman–Crippen LogP) is 3.89. The van der Waals surface area contributed by atoms with Gasteiger partial charge in [-0.15, -0.1) is 0 Å². The Hall–Kier alpha value is -4.24. The highest BCUT2D eigenvalue weighted by atomic mass is 35.5. The van der Waals surface area contributed by atoms with Crippen LogP contribution in [0.25, 0.3) is 0 Å². The second kappa shape index (κ2) is 11.6. The summed E-state index contributed by atoms with van der Waals surface area (Å²) in [6, 6.07) is 17.4. The molecular weight excluding hydrogens is 463 g/mol. The highest BCUT2D eigenvalue weighted by molar-refractivity contribution is 6.39. The molecule has 0 fully saturated rings. The molecule has 0 radical (unpaired) electrons. The van der Waals surface area contributed by atoms with Crippen molar-refractivity contribution in [2.45, 2.75) is 6.92 Å². The van der Waals surface area contributed by atoms with Crippen LogP contribution in [-0.2, 0) is 14.4 Å². The highest BCUT2D eigenvalue weighted by Crippen LogP contribution is 2.25. The molecule has 0 aliphatic carbocycles. The molecule has 0 aliphatic heterocycles. The molecule has 3 aromatic rings. The molecule has 0 saturated heterocycles. The lowest BCUT2D eigenvalue weighted by Gasteiger charge is -2.09. The van der Waals surface area contributed by atoms with Gasteiger partial charge in [-0.25, -0.2) is 9.82 Å². The van der Waals surface area contributed by atoms with Gasteiger partial charge >= 0.3 is 11.8 Å². The number of para-hydroxylation sites is 1. The zero-order chi connectivity index (χ0) is 24.5. The lowest BCUT2D eigenvalue weighted by molar-refractivity contribution is -0.136. The van der Waals surface area contributed by atoms with Crippen molar-refractivity contribution in [3.8, 4) is 5.75 Å². The molecule has 3 amide bonds. The standard InChI is InChI=1S/C24H20ClFN4O4/c1-15-6-9-17(10-7-15)28-22(31)14-34-21-11-8-16(12-18(21)25)13-27-30-24(33)23(32)29-20-5-3-2-4-19(20)26/h2-13H,14H2,1H3,(H,28,31)(H,29,32)(H,30,33)/b27-13-. The van der Waals surface area contributed by atoms with E-state index in [9.17, 15) is 18.8 Å². The molecule has 3 aromatic carbocycles. The van der Waals surface area contributed by atoms with Gasteiger partial charge in [0.25, 0.3) is 5.91 Å². The van der Waals surface area contributed by atoms with Gasteiger partial charge in [-0.05, 0) is 55.0 Å². The molecule has 10 heteroatoms. The van der Waals surface area contributed by atoms with E-state index in [1.165, 1.54) is 36.5 Å². The number of anilines is 2. The SMILES string of the molecule is Cc1ccc(NC(=O)COc2ccc(/C=N\NC(=O)C(=O)Nc3ccccc3F)cc2Cl)cc1. The van der Waals surface area contributed by atoms with E-state index in [0.29, 0.717) is 11.3 Å². The average molecular weight is 483 g/mol. The maximum atomic E-state index is 13.5. The van der Waals surface area contributed by atoms with Gasteiger partial charge < -0.3 is 15.4 Å². The van der Waals surface area contributed by atoms with Gasteiger partial charge in [0, 0.05) is 5.69 Å². The maximum Gasteiger partial charge on any atom is 0.329 e. The number of nitrogens with zero attached hydrogens (tertiary/aromatic N) is 1. The first kappa shape index (κ1) is 24.4. The summed E-state index contributed by atoms with van der Waals surface area (Å²) in [6.07, 6.45) is 1.26. The van der Waals surface area contributed by atoms with Crippen molar-refractivity contribution < 1.29 is 23.5 Å². The summed E-state index contributed by atoms with van der Waals surface area (Å²) in [5.74, 6) is -2.89. The number of nitrogens with one attached hydrogen (secondary N) is 3. The van der Waals surface area contributed by atoms with E-state index in [1.807, 2.05) is 24.5 Å². The molecule has 0 saturated carbocycles. The summed E-state index contributed by atoms with van der Waals surface area (Å²) in [4.78, 5) is 35.7. The summed E-state index contributed by atoms with van der Waals surface area (Å²) in [5.41, 5.74) is 4.15. The largest absolute Gasteiger partial charge is 0.482 e. The van der Waals surface area contributed by atoms with Crippen LogP contribution in [0, 0.1) is 12.7 Å². The van der Waals surface area contributed by atoms with Gasteiger partial charge in [0.2, 0.25) is 0 Å². The van der Waals surface area contributed by atoms with Gasteiger partial charge in [-0.2, -0.15) is 5.10 Å². The second-order valence-electron chi connectivity index (χ2n) is 7.03. The van der Waals surface area contributed by atoms with Crippen molar-refractivity contribution in [3.63, 3.8) is 0 Å². The number of benzene rings is 3. The summed E-state index contributed by atoms with van der Waals surface area (Å²) in [5, 5.41) is 8.76. The van der Waals surface area contributed by atoms with E-state index in [0.717, 1.165) is 11.6 Å². The number of rotatable bonds is 7. The van der Waals surface area contributed by atoms with Crippen LogP contribution in [0.5, 0.6) is 5.75 Å². The first-order valence-electron chi connectivity index (χ1n) is 9.99. The lowest BCUT2D eigenvalue weighted by Crippen LogP contribution is -2.32. The molecule has 0 bridgehead atoms. The number of aryl methyl sites for hydroxylation is 1. The lowest BCUT2D eigenvalue weighted by atomic mass is 10.2. The third kappa shape index (κ3) is 7.14. The summed E-state index contributed by atoms with van der Waals surface area (Å²) in [7, 11) is 0. The summed E-state index contributed by atoms with van der Waals surface area (Å²) in [6.45, 7) is 1.71. The number of hydrazone groups is 1. The third-order valence-corrected chi connectivity index (χ3v) is 4.65. The Balaban J connectivity index is 1.48. The Kier molecular flexibility index (Phi) is 8.31.